The van der Waals surface area contributed by atoms with Gasteiger partial charge < -0.3 is 15.4 Å². The fourth-order valence-corrected chi connectivity index (χ4v) is 3.12. The molecule has 118 valence electrons. The summed E-state index contributed by atoms with van der Waals surface area (Å²) in [4.78, 5) is 16.5. The van der Waals surface area contributed by atoms with E-state index < -0.39 is 5.54 Å². The van der Waals surface area contributed by atoms with Crippen LogP contribution in [0, 0.1) is 0 Å². The molecule has 0 amide bonds. The number of likely N-dealkylation sites (N-methyl/N-ethyl adjacent to an activating group) is 2. The van der Waals surface area contributed by atoms with E-state index in [9.17, 15) is 4.79 Å². The van der Waals surface area contributed by atoms with Gasteiger partial charge in [0.2, 0.25) is 0 Å². The zero-order valence-corrected chi connectivity index (χ0v) is 13.7. The molecule has 5 heteroatoms. The van der Waals surface area contributed by atoms with Crippen LogP contribution >= 0.6 is 0 Å². The van der Waals surface area contributed by atoms with Gasteiger partial charge in [0, 0.05) is 18.6 Å². The van der Waals surface area contributed by atoms with Gasteiger partial charge in [-0.05, 0) is 53.2 Å². The Morgan fingerprint density at radius 1 is 1.60 bits per heavy atom. The number of hydrogen-bond donors (Lipinski definition) is 1. The molecule has 1 aliphatic heterocycles. The number of esters is 1. The second-order valence-electron chi connectivity index (χ2n) is 6.33. The van der Waals surface area contributed by atoms with Crippen molar-refractivity contribution in [2.24, 2.45) is 5.73 Å². The number of nitrogens with zero attached hydrogens (tertiary/aromatic N) is 2. The van der Waals surface area contributed by atoms with Crippen molar-refractivity contribution in [1.82, 2.24) is 9.80 Å². The Hall–Kier alpha value is -0.650. The van der Waals surface area contributed by atoms with E-state index in [1.165, 1.54) is 26.5 Å². The lowest BCUT2D eigenvalue weighted by Gasteiger charge is -2.34. The van der Waals surface area contributed by atoms with Crippen molar-refractivity contribution in [3.05, 3.63) is 0 Å². The summed E-state index contributed by atoms with van der Waals surface area (Å²) < 4.78 is 4.77. The second kappa shape index (κ2) is 7.38. The minimum atomic E-state index is -0.914. The maximum absolute atomic E-state index is 11.7. The van der Waals surface area contributed by atoms with Gasteiger partial charge in [-0.2, -0.15) is 0 Å². The van der Waals surface area contributed by atoms with Crippen molar-refractivity contribution in [1.29, 1.82) is 0 Å². The molecular formula is C15H31N3O2. The first-order valence-electron chi connectivity index (χ1n) is 7.63. The predicted octanol–water partition coefficient (Wildman–Crippen LogP) is 1.07. The first-order valence-corrected chi connectivity index (χ1v) is 7.63. The molecule has 0 aromatic rings. The van der Waals surface area contributed by atoms with Crippen LogP contribution in [0.4, 0.5) is 0 Å². The molecule has 0 aliphatic carbocycles. The SMILES string of the molecule is CCN1CCCC1CN(C)C(C)CC(C)(N)C(=O)OC. The third-order valence-corrected chi connectivity index (χ3v) is 4.53. The second-order valence-corrected chi connectivity index (χ2v) is 6.33. The lowest BCUT2D eigenvalue weighted by atomic mass is 9.94. The van der Waals surface area contributed by atoms with E-state index in [0.717, 1.165) is 13.1 Å². The summed E-state index contributed by atoms with van der Waals surface area (Å²) in [5.41, 5.74) is 5.15. The van der Waals surface area contributed by atoms with Crippen LogP contribution in [0.5, 0.6) is 0 Å². The Morgan fingerprint density at radius 2 is 2.25 bits per heavy atom. The molecule has 1 heterocycles. The molecule has 3 atom stereocenters. The number of rotatable bonds is 7. The zero-order valence-electron chi connectivity index (χ0n) is 13.7. The monoisotopic (exact) mass is 285 g/mol. The number of carbonyl (C=O) groups is 1. The number of likely N-dealkylation sites (tertiary alicyclic amines) is 1. The largest absolute Gasteiger partial charge is 0.468 e. The van der Waals surface area contributed by atoms with E-state index in [4.69, 9.17) is 10.5 Å². The number of hydrogen-bond acceptors (Lipinski definition) is 5. The maximum atomic E-state index is 11.7. The lowest BCUT2D eigenvalue weighted by Crippen LogP contribution is -2.51. The van der Waals surface area contributed by atoms with Gasteiger partial charge in [-0.15, -0.1) is 0 Å². The van der Waals surface area contributed by atoms with Crippen molar-refractivity contribution < 1.29 is 9.53 Å². The average molecular weight is 285 g/mol. The molecule has 2 N–H and O–H groups in total. The van der Waals surface area contributed by atoms with Gasteiger partial charge >= 0.3 is 5.97 Å². The molecule has 3 unspecified atom stereocenters. The molecule has 0 aromatic heterocycles. The molecule has 1 rings (SSSR count). The Morgan fingerprint density at radius 3 is 2.80 bits per heavy atom. The highest BCUT2D eigenvalue weighted by Gasteiger charge is 2.33. The van der Waals surface area contributed by atoms with Gasteiger partial charge in [0.25, 0.3) is 0 Å². The molecule has 0 radical (unpaired) electrons. The lowest BCUT2D eigenvalue weighted by molar-refractivity contribution is -0.147. The van der Waals surface area contributed by atoms with E-state index in [2.05, 4.69) is 30.7 Å². The predicted molar refractivity (Wildman–Crippen MR) is 81.6 cm³/mol. The third-order valence-electron chi connectivity index (χ3n) is 4.53. The van der Waals surface area contributed by atoms with Crippen molar-refractivity contribution >= 4 is 5.97 Å². The van der Waals surface area contributed by atoms with Crippen LogP contribution in [0.2, 0.25) is 0 Å². The Kier molecular flexibility index (Phi) is 6.43. The summed E-state index contributed by atoms with van der Waals surface area (Å²) in [7, 11) is 3.50. The fourth-order valence-electron chi connectivity index (χ4n) is 3.12. The van der Waals surface area contributed by atoms with Crippen LogP contribution in [0.25, 0.3) is 0 Å². The van der Waals surface area contributed by atoms with Crippen molar-refractivity contribution in [3.63, 3.8) is 0 Å². The fraction of sp³-hybridized carbons (Fsp3) is 0.933. The Bertz CT molecular complexity index is 320. The van der Waals surface area contributed by atoms with E-state index in [1.807, 2.05) is 0 Å². The standard InChI is InChI=1S/C15H31N3O2/c1-6-18-9-7-8-13(18)11-17(4)12(2)10-15(3,16)14(19)20-5/h12-13H,6-11,16H2,1-5H3. The van der Waals surface area contributed by atoms with Crippen LogP contribution in [0.3, 0.4) is 0 Å². The van der Waals surface area contributed by atoms with Crippen LogP contribution in [0.15, 0.2) is 0 Å². The summed E-state index contributed by atoms with van der Waals surface area (Å²) in [5.74, 6) is -0.339. The normalized spacial score (nSPS) is 24.6. The summed E-state index contributed by atoms with van der Waals surface area (Å²) in [5, 5.41) is 0. The van der Waals surface area contributed by atoms with Gasteiger partial charge in [0.15, 0.2) is 0 Å². The van der Waals surface area contributed by atoms with Crippen molar-refractivity contribution in [2.75, 3.05) is 33.8 Å². The Labute approximate surface area is 123 Å². The van der Waals surface area contributed by atoms with E-state index in [0.29, 0.717) is 12.5 Å². The zero-order chi connectivity index (χ0) is 15.3. The summed E-state index contributed by atoms with van der Waals surface area (Å²) in [6, 6.07) is 0.887. The van der Waals surface area contributed by atoms with Gasteiger partial charge in [0.1, 0.15) is 5.54 Å². The highest BCUT2D eigenvalue weighted by molar-refractivity contribution is 5.79. The molecule has 0 bridgehead atoms. The summed E-state index contributed by atoms with van der Waals surface area (Å²) in [6.45, 7) is 9.45. The minimum Gasteiger partial charge on any atom is -0.468 e. The van der Waals surface area contributed by atoms with Crippen LogP contribution in [0.1, 0.15) is 40.0 Å². The van der Waals surface area contributed by atoms with Gasteiger partial charge in [-0.25, -0.2) is 0 Å². The minimum absolute atomic E-state index is 0.253. The third kappa shape index (κ3) is 4.43. The van der Waals surface area contributed by atoms with E-state index in [-0.39, 0.29) is 12.0 Å². The molecule has 0 aromatic carbocycles. The molecule has 1 fully saturated rings. The van der Waals surface area contributed by atoms with Gasteiger partial charge in [-0.1, -0.05) is 6.92 Å². The molecule has 5 nitrogen and oxygen atoms in total. The number of methoxy groups -OCH3 is 1. The quantitative estimate of drug-likeness (QED) is 0.709. The molecule has 1 aliphatic rings. The van der Waals surface area contributed by atoms with Gasteiger partial charge in [-0.3, -0.25) is 9.69 Å². The molecule has 0 spiro atoms. The smallest absolute Gasteiger partial charge is 0.325 e. The molecular weight excluding hydrogens is 254 g/mol. The summed E-state index contributed by atoms with van der Waals surface area (Å²) >= 11 is 0. The number of carbonyl (C=O) groups excluding carboxylic acids is 1. The topological polar surface area (TPSA) is 58.8 Å². The van der Waals surface area contributed by atoms with Crippen LogP contribution in [-0.2, 0) is 9.53 Å². The molecule has 0 saturated carbocycles. The maximum Gasteiger partial charge on any atom is 0.325 e. The van der Waals surface area contributed by atoms with Crippen molar-refractivity contribution in [3.8, 4) is 0 Å². The van der Waals surface area contributed by atoms with E-state index in [1.54, 1.807) is 6.92 Å². The van der Waals surface area contributed by atoms with Crippen molar-refractivity contribution in [2.45, 2.75) is 57.7 Å². The Balaban J connectivity index is 2.50. The first-order chi connectivity index (χ1) is 9.31. The highest BCUT2D eigenvalue weighted by atomic mass is 16.5. The first kappa shape index (κ1) is 17.4. The molecule has 20 heavy (non-hydrogen) atoms. The van der Waals surface area contributed by atoms with Crippen LogP contribution < -0.4 is 5.73 Å². The average Bonchev–Trinajstić information content (AvgIpc) is 2.84. The van der Waals surface area contributed by atoms with Gasteiger partial charge in [0.05, 0.1) is 7.11 Å². The molecule has 1 saturated heterocycles. The number of nitrogens with two attached hydrogens (primary N) is 1. The number of ether oxygens (including phenoxy) is 1. The highest BCUT2D eigenvalue weighted by Crippen LogP contribution is 2.20. The van der Waals surface area contributed by atoms with Crippen LogP contribution in [-0.4, -0.2) is 67.2 Å². The van der Waals surface area contributed by atoms with E-state index >= 15 is 0 Å². The summed E-state index contributed by atoms with van der Waals surface area (Å²) in [6.07, 6.45) is 3.16.